The number of rotatable bonds is 12. The Morgan fingerprint density at radius 1 is 1.06 bits per heavy atom. The number of para-hydroxylation sites is 2. The number of nitrogens with one attached hydrogen (secondary N) is 1. The smallest absolute Gasteiger partial charge is 0.234 e. The van der Waals surface area contributed by atoms with E-state index < -0.39 is 0 Å². The van der Waals surface area contributed by atoms with Crippen LogP contribution in [0.1, 0.15) is 39.6 Å². The van der Waals surface area contributed by atoms with Crippen LogP contribution in [-0.2, 0) is 11.3 Å². The van der Waals surface area contributed by atoms with Gasteiger partial charge in [-0.25, -0.2) is 0 Å². The number of ether oxygens (including phenoxy) is 3. The summed E-state index contributed by atoms with van der Waals surface area (Å²) in [6.45, 7) is 9.43. The second kappa shape index (κ2) is 12.3. The molecule has 2 aromatic carbocycles. The SMILES string of the molecule is CCOc1ccc(NC(=O)CSc2nnc(C(C)Oc3ccccc3OC)n2CC(C)C)cc1. The standard InChI is InChI=1S/C25H32N4O4S/c1-6-32-20-13-11-19(12-14-20)26-23(30)16-34-25-28-27-24(29(25)15-17(2)3)18(4)33-22-10-8-7-9-21(22)31-5/h7-14,17-18H,6,15-16H2,1-5H3,(H,26,30). The van der Waals surface area contributed by atoms with Gasteiger partial charge in [-0.3, -0.25) is 4.79 Å². The van der Waals surface area contributed by atoms with Crippen LogP contribution in [0.2, 0.25) is 0 Å². The molecule has 3 rings (SSSR count). The Morgan fingerprint density at radius 2 is 1.76 bits per heavy atom. The van der Waals surface area contributed by atoms with E-state index in [1.165, 1.54) is 11.8 Å². The van der Waals surface area contributed by atoms with Crippen molar-refractivity contribution in [3.05, 3.63) is 54.4 Å². The molecule has 0 aliphatic carbocycles. The maximum atomic E-state index is 12.5. The molecule has 0 bridgehead atoms. The van der Waals surface area contributed by atoms with Gasteiger partial charge in [0.25, 0.3) is 0 Å². The molecule has 0 spiro atoms. The van der Waals surface area contributed by atoms with Crippen LogP contribution in [0.25, 0.3) is 0 Å². The fraction of sp³-hybridized carbons (Fsp3) is 0.400. The lowest BCUT2D eigenvalue weighted by atomic mass is 10.2. The van der Waals surface area contributed by atoms with Gasteiger partial charge in [-0.15, -0.1) is 10.2 Å². The molecule has 0 saturated heterocycles. The highest BCUT2D eigenvalue weighted by Crippen LogP contribution is 2.31. The van der Waals surface area contributed by atoms with Crippen molar-refractivity contribution in [2.24, 2.45) is 5.92 Å². The third-order valence-electron chi connectivity index (χ3n) is 4.81. The summed E-state index contributed by atoms with van der Waals surface area (Å²) in [4.78, 5) is 12.5. The number of methoxy groups -OCH3 is 1. The fourth-order valence-corrected chi connectivity index (χ4v) is 4.09. The highest BCUT2D eigenvalue weighted by molar-refractivity contribution is 7.99. The summed E-state index contributed by atoms with van der Waals surface area (Å²) in [5.41, 5.74) is 0.720. The molecule has 1 N–H and O–H groups in total. The number of hydrogen-bond acceptors (Lipinski definition) is 7. The van der Waals surface area contributed by atoms with Crippen LogP contribution in [0, 0.1) is 5.92 Å². The number of amides is 1. The van der Waals surface area contributed by atoms with Crippen LogP contribution < -0.4 is 19.5 Å². The van der Waals surface area contributed by atoms with Gasteiger partial charge in [0.15, 0.2) is 28.6 Å². The molecule has 8 nitrogen and oxygen atoms in total. The number of hydrogen-bond donors (Lipinski definition) is 1. The van der Waals surface area contributed by atoms with Crippen LogP contribution in [0.3, 0.4) is 0 Å². The lowest BCUT2D eigenvalue weighted by Gasteiger charge is -2.19. The molecule has 34 heavy (non-hydrogen) atoms. The Hall–Kier alpha value is -3.20. The summed E-state index contributed by atoms with van der Waals surface area (Å²) >= 11 is 1.35. The number of aromatic nitrogens is 3. The molecule has 1 unspecified atom stereocenters. The number of carbonyl (C=O) groups is 1. The van der Waals surface area contributed by atoms with E-state index in [-0.39, 0.29) is 17.8 Å². The normalized spacial score (nSPS) is 11.8. The Bertz CT molecular complexity index is 1070. The van der Waals surface area contributed by atoms with E-state index in [1.807, 2.05) is 66.9 Å². The van der Waals surface area contributed by atoms with E-state index in [0.717, 1.165) is 11.4 Å². The quantitative estimate of drug-likeness (QED) is 0.353. The number of anilines is 1. The molecule has 0 saturated carbocycles. The molecule has 0 fully saturated rings. The van der Waals surface area contributed by atoms with Gasteiger partial charge in [0.2, 0.25) is 5.91 Å². The molecule has 0 aliphatic rings. The number of thioether (sulfide) groups is 1. The maximum absolute atomic E-state index is 12.5. The van der Waals surface area contributed by atoms with E-state index in [1.54, 1.807) is 7.11 Å². The second-order valence-electron chi connectivity index (χ2n) is 8.05. The topological polar surface area (TPSA) is 87.5 Å². The van der Waals surface area contributed by atoms with E-state index in [4.69, 9.17) is 14.2 Å². The van der Waals surface area contributed by atoms with Crippen molar-refractivity contribution in [1.29, 1.82) is 0 Å². The van der Waals surface area contributed by atoms with Crippen molar-refractivity contribution in [2.45, 2.75) is 45.5 Å². The average Bonchev–Trinajstić information content (AvgIpc) is 3.21. The first-order valence-corrected chi connectivity index (χ1v) is 12.3. The van der Waals surface area contributed by atoms with Gasteiger partial charge >= 0.3 is 0 Å². The van der Waals surface area contributed by atoms with Crippen molar-refractivity contribution in [3.63, 3.8) is 0 Å². The highest BCUT2D eigenvalue weighted by atomic mass is 32.2. The lowest BCUT2D eigenvalue weighted by molar-refractivity contribution is -0.113. The van der Waals surface area contributed by atoms with Crippen molar-refractivity contribution < 1.29 is 19.0 Å². The lowest BCUT2D eigenvalue weighted by Crippen LogP contribution is -2.17. The molecule has 1 atom stereocenters. The monoisotopic (exact) mass is 484 g/mol. The molecular formula is C25H32N4O4S. The second-order valence-corrected chi connectivity index (χ2v) is 8.99. The van der Waals surface area contributed by atoms with Crippen molar-refractivity contribution in [1.82, 2.24) is 14.8 Å². The van der Waals surface area contributed by atoms with Gasteiger partial charge in [-0.05, 0) is 56.2 Å². The number of benzene rings is 2. The zero-order valence-corrected chi connectivity index (χ0v) is 21.1. The molecule has 3 aromatic rings. The summed E-state index contributed by atoms with van der Waals surface area (Å²) in [7, 11) is 1.61. The van der Waals surface area contributed by atoms with Crippen LogP contribution in [0.5, 0.6) is 17.2 Å². The highest BCUT2D eigenvalue weighted by Gasteiger charge is 2.22. The van der Waals surface area contributed by atoms with Gasteiger partial charge in [0.1, 0.15) is 5.75 Å². The van der Waals surface area contributed by atoms with Gasteiger partial charge in [0, 0.05) is 12.2 Å². The average molecular weight is 485 g/mol. The molecule has 0 radical (unpaired) electrons. The summed E-state index contributed by atoms with van der Waals surface area (Å²) in [6.07, 6.45) is -0.352. The van der Waals surface area contributed by atoms with Crippen LogP contribution in [0.4, 0.5) is 5.69 Å². The Balaban J connectivity index is 1.67. The largest absolute Gasteiger partial charge is 0.494 e. The maximum Gasteiger partial charge on any atom is 0.234 e. The third kappa shape index (κ3) is 6.90. The van der Waals surface area contributed by atoms with Crippen LogP contribution >= 0.6 is 11.8 Å². The zero-order valence-electron chi connectivity index (χ0n) is 20.3. The summed E-state index contributed by atoms with van der Waals surface area (Å²) < 4.78 is 19.0. The summed E-state index contributed by atoms with van der Waals surface area (Å²) in [6, 6.07) is 14.8. The predicted octanol–water partition coefficient (Wildman–Crippen LogP) is 5.21. The predicted molar refractivity (Wildman–Crippen MR) is 134 cm³/mol. The minimum Gasteiger partial charge on any atom is -0.494 e. The van der Waals surface area contributed by atoms with Crippen LogP contribution in [-0.4, -0.2) is 40.1 Å². The minimum absolute atomic E-state index is 0.117. The van der Waals surface area contributed by atoms with E-state index in [9.17, 15) is 4.79 Å². The van der Waals surface area contributed by atoms with Gasteiger partial charge in [0.05, 0.1) is 19.5 Å². The molecule has 1 heterocycles. The zero-order chi connectivity index (χ0) is 24.5. The fourth-order valence-electron chi connectivity index (χ4n) is 3.33. The molecule has 1 amide bonds. The van der Waals surface area contributed by atoms with Crippen molar-refractivity contribution >= 4 is 23.4 Å². The first kappa shape index (κ1) is 25.4. The molecular weight excluding hydrogens is 452 g/mol. The Labute approximate surface area is 205 Å². The molecule has 0 aliphatic heterocycles. The van der Waals surface area contributed by atoms with E-state index >= 15 is 0 Å². The third-order valence-corrected chi connectivity index (χ3v) is 5.78. The van der Waals surface area contributed by atoms with Crippen LogP contribution in [0.15, 0.2) is 53.7 Å². The van der Waals surface area contributed by atoms with E-state index in [0.29, 0.717) is 41.5 Å². The first-order chi connectivity index (χ1) is 16.4. The van der Waals surface area contributed by atoms with Gasteiger partial charge in [-0.2, -0.15) is 0 Å². The molecule has 182 valence electrons. The first-order valence-electron chi connectivity index (χ1n) is 11.3. The Morgan fingerprint density at radius 3 is 2.41 bits per heavy atom. The molecule has 9 heteroatoms. The molecule has 1 aromatic heterocycles. The Kier molecular flexibility index (Phi) is 9.21. The van der Waals surface area contributed by atoms with Crippen molar-refractivity contribution in [2.75, 3.05) is 24.8 Å². The van der Waals surface area contributed by atoms with Crippen molar-refractivity contribution in [3.8, 4) is 17.2 Å². The number of nitrogens with zero attached hydrogens (tertiary/aromatic N) is 3. The van der Waals surface area contributed by atoms with E-state index in [2.05, 4.69) is 29.4 Å². The van der Waals surface area contributed by atoms with Gasteiger partial charge in [-0.1, -0.05) is 37.7 Å². The summed E-state index contributed by atoms with van der Waals surface area (Å²) in [5.74, 6) is 3.23. The minimum atomic E-state index is -0.352. The number of carbonyl (C=O) groups excluding carboxylic acids is 1. The summed E-state index contributed by atoms with van der Waals surface area (Å²) in [5, 5.41) is 12.3. The van der Waals surface area contributed by atoms with Gasteiger partial charge < -0.3 is 24.1 Å².